The van der Waals surface area contributed by atoms with Crippen molar-refractivity contribution in [2.45, 2.75) is 37.8 Å². The summed E-state index contributed by atoms with van der Waals surface area (Å²) >= 11 is 0. The standard InChI is InChI=1S/C20H27N3O2S.HI/c1-4-18(15-26(24,25)19-8-6-5-7-9-19)23-20(21-3)22-14-17-12-10-16(2)11-13-17;/h5-13,18H,4,14-15H2,1-3H3,(H2,21,22,23);1H. The second kappa shape index (κ2) is 11.3. The van der Waals surface area contributed by atoms with E-state index in [1.54, 1.807) is 31.3 Å². The molecule has 1 unspecified atom stereocenters. The van der Waals surface area contributed by atoms with Crippen molar-refractivity contribution in [3.8, 4) is 0 Å². The van der Waals surface area contributed by atoms with Gasteiger partial charge in [0.1, 0.15) is 0 Å². The number of benzene rings is 2. The lowest BCUT2D eigenvalue weighted by Gasteiger charge is -2.20. The monoisotopic (exact) mass is 501 g/mol. The number of sulfone groups is 1. The molecule has 2 rings (SSSR count). The highest BCUT2D eigenvalue weighted by atomic mass is 127. The van der Waals surface area contributed by atoms with Gasteiger partial charge < -0.3 is 10.6 Å². The molecule has 1 atom stereocenters. The fraction of sp³-hybridized carbons (Fsp3) is 0.350. The number of guanidine groups is 1. The summed E-state index contributed by atoms with van der Waals surface area (Å²) < 4.78 is 25.2. The zero-order valence-electron chi connectivity index (χ0n) is 16.0. The fourth-order valence-corrected chi connectivity index (χ4v) is 4.14. The first-order valence-electron chi connectivity index (χ1n) is 8.75. The molecule has 0 spiro atoms. The second-order valence-electron chi connectivity index (χ2n) is 6.26. The number of halogens is 1. The molecule has 0 bridgehead atoms. The molecule has 2 aromatic carbocycles. The Bertz CT molecular complexity index is 822. The van der Waals surface area contributed by atoms with E-state index >= 15 is 0 Å². The molecule has 148 valence electrons. The lowest BCUT2D eigenvalue weighted by atomic mass is 10.1. The first-order valence-corrected chi connectivity index (χ1v) is 10.4. The third kappa shape index (κ3) is 7.50. The molecular formula is C20H28IN3O2S. The molecule has 5 nitrogen and oxygen atoms in total. The molecule has 7 heteroatoms. The van der Waals surface area contributed by atoms with Crippen LogP contribution in [0.4, 0.5) is 0 Å². The topological polar surface area (TPSA) is 70.6 Å². The van der Waals surface area contributed by atoms with Crippen LogP contribution in [0.2, 0.25) is 0 Å². The van der Waals surface area contributed by atoms with Crippen LogP contribution in [0.5, 0.6) is 0 Å². The normalized spacial score (nSPS) is 12.8. The molecule has 0 saturated heterocycles. The minimum atomic E-state index is -3.34. The lowest BCUT2D eigenvalue weighted by Crippen LogP contribution is -2.45. The summed E-state index contributed by atoms with van der Waals surface area (Å²) in [5.41, 5.74) is 2.36. The summed E-state index contributed by atoms with van der Waals surface area (Å²) in [6.07, 6.45) is 0.678. The SMILES string of the molecule is CCC(CS(=O)(=O)c1ccccc1)NC(=NC)NCc1ccc(C)cc1.I. The highest BCUT2D eigenvalue weighted by Crippen LogP contribution is 2.12. The molecule has 0 heterocycles. The van der Waals surface area contributed by atoms with E-state index in [-0.39, 0.29) is 35.8 Å². The van der Waals surface area contributed by atoms with E-state index < -0.39 is 9.84 Å². The molecule has 2 N–H and O–H groups in total. The van der Waals surface area contributed by atoms with Crippen LogP contribution in [-0.2, 0) is 16.4 Å². The van der Waals surface area contributed by atoms with Crippen LogP contribution in [0.3, 0.4) is 0 Å². The molecule has 0 aliphatic heterocycles. The highest BCUT2D eigenvalue weighted by Gasteiger charge is 2.20. The Kier molecular flexibility index (Phi) is 9.79. The number of hydrogen-bond acceptors (Lipinski definition) is 3. The average Bonchev–Trinajstić information content (AvgIpc) is 2.66. The van der Waals surface area contributed by atoms with Gasteiger partial charge in [0, 0.05) is 19.6 Å². The summed E-state index contributed by atoms with van der Waals surface area (Å²) in [5, 5.41) is 6.46. The lowest BCUT2D eigenvalue weighted by molar-refractivity contribution is 0.568. The maximum atomic E-state index is 12.6. The van der Waals surface area contributed by atoms with Crippen LogP contribution in [-0.4, -0.2) is 33.2 Å². The minimum Gasteiger partial charge on any atom is -0.353 e. The zero-order valence-corrected chi connectivity index (χ0v) is 19.1. The Morgan fingerprint density at radius 1 is 1.07 bits per heavy atom. The van der Waals surface area contributed by atoms with Gasteiger partial charge in [-0.1, -0.05) is 55.0 Å². The van der Waals surface area contributed by atoms with Crippen molar-refractivity contribution in [3.05, 3.63) is 65.7 Å². The smallest absolute Gasteiger partial charge is 0.191 e. The summed E-state index contributed by atoms with van der Waals surface area (Å²) in [4.78, 5) is 4.56. The van der Waals surface area contributed by atoms with E-state index in [1.165, 1.54) is 5.56 Å². The summed E-state index contributed by atoms with van der Waals surface area (Å²) in [6, 6.07) is 16.6. The van der Waals surface area contributed by atoms with Gasteiger partial charge in [-0.25, -0.2) is 8.42 Å². The Labute approximate surface area is 179 Å². The van der Waals surface area contributed by atoms with E-state index in [0.29, 0.717) is 23.8 Å². The van der Waals surface area contributed by atoms with Crippen molar-refractivity contribution in [1.82, 2.24) is 10.6 Å². The summed E-state index contributed by atoms with van der Waals surface area (Å²) in [6.45, 7) is 4.64. The van der Waals surface area contributed by atoms with Crippen LogP contribution < -0.4 is 10.6 Å². The molecule has 27 heavy (non-hydrogen) atoms. The molecule has 0 aliphatic carbocycles. The molecule has 2 aromatic rings. The van der Waals surface area contributed by atoms with Crippen molar-refractivity contribution in [2.75, 3.05) is 12.8 Å². The molecule has 0 fully saturated rings. The highest BCUT2D eigenvalue weighted by molar-refractivity contribution is 14.0. The van der Waals surface area contributed by atoms with Gasteiger partial charge in [0.25, 0.3) is 0 Å². The number of aryl methyl sites for hydroxylation is 1. The summed E-state index contributed by atoms with van der Waals surface area (Å²) in [5.74, 6) is 0.624. The van der Waals surface area contributed by atoms with Crippen molar-refractivity contribution < 1.29 is 8.42 Å². The third-order valence-electron chi connectivity index (χ3n) is 4.16. The Balaban J connectivity index is 0.00000364. The molecule has 0 amide bonds. The predicted molar refractivity (Wildman–Crippen MR) is 123 cm³/mol. The van der Waals surface area contributed by atoms with Crippen molar-refractivity contribution in [1.29, 1.82) is 0 Å². The van der Waals surface area contributed by atoms with Crippen LogP contribution in [0, 0.1) is 6.92 Å². The van der Waals surface area contributed by atoms with Crippen LogP contribution in [0.15, 0.2) is 64.5 Å². The van der Waals surface area contributed by atoms with E-state index in [2.05, 4.69) is 46.8 Å². The van der Waals surface area contributed by atoms with Crippen LogP contribution in [0.1, 0.15) is 24.5 Å². The Morgan fingerprint density at radius 3 is 2.26 bits per heavy atom. The van der Waals surface area contributed by atoms with Gasteiger partial charge in [-0.3, -0.25) is 4.99 Å². The van der Waals surface area contributed by atoms with E-state index in [0.717, 1.165) is 5.56 Å². The quantitative estimate of drug-likeness (QED) is 0.346. The number of aliphatic imine (C=N–C) groups is 1. The van der Waals surface area contributed by atoms with Crippen LogP contribution >= 0.6 is 24.0 Å². The predicted octanol–water partition coefficient (Wildman–Crippen LogP) is 3.53. The van der Waals surface area contributed by atoms with Crippen LogP contribution in [0.25, 0.3) is 0 Å². The Hall–Kier alpha value is -1.61. The second-order valence-corrected chi connectivity index (χ2v) is 8.29. The number of nitrogens with one attached hydrogen (secondary N) is 2. The van der Waals surface area contributed by atoms with E-state index in [9.17, 15) is 8.42 Å². The first-order chi connectivity index (χ1) is 12.4. The largest absolute Gasteiger partial charge is 0.353 e. The number of nitrogens with zero attached hydrogens (tertiary/aromatic N) is 1. The van der Waals surface area contributed by atoms with Crippen molar-refractivity contribution in [3.63, 3.8) is 0 Å². The summed E-state index contributed by atoms with van der Waals surface area (Å²) in [7, 11) is -1.66. The third-order valence-corrected chi connectivity index (χ3v) is 5.99. The van der Waals surface area contributed by atoms with E-state index in [4.69, 9.17) is 0 Å². The number of hydrogen-bond donors (Lipinski definition) is 2. The van der Waals surface area contributed by atoms with Gasteiger partial charge in [-0.15, -0.1) is 24.0 Å². The Morgan fingerprint density at radius 2 is 1.70 bits per heavy atom. The van der Waals surface area contributed by atoms with Crippen molar-refractivity contribution in [2.24, 2.45) is 4.99 Å². The average molecular weight is 501 g/mol. The minimum absolute atomic E-state index is 0. The molecule has 0 saturated carbocycles. The van der Waals surface area contributed by atoms with E-state index in [1.807, 2.05) is 13.0 Å². The van der Waals surface area contributed by atoms with Gasteiger partial charge in [-0.2, -0.15) is 0 Å². The number of rotatable bonds is 7. The fourth-order valence-electron chi connectivity index (χ4n) is 2.53. The van der Waals surface area contributed by atoms with Gasteiger partial charge >= 0.3 is 0 Å². The molecule has 0 aromatic heterocycles. The van der Waals surface area contributed by atoms with Crippen molar-refractivity contribution >= 4 is 39.8 Å². The van der Waals surface area contributed by atoms with Gasteiger partial charge in [0.05, 0.1) is 10.6 Å². The maximum Gasteiger partial charge on any atom is 0.191 e. The first kappa shape index (κ1) is 23.4. The van der Waals surface area contributed by atoms with Gasteiger partial charge in [-0.05, 0) is 31.0 Å². The zero-order chi connectivity index (χ0) is 19.0. The van der Waals surface area contributed by atoms with Gasteiger partial charge in [0.2, 0.25) is 0 Å². The van der Waals surface area contributed by atoms with Gasteiger partial charge in [0.15, 0.2) is 15.8 Å². The maximum absolute atomic E-state index is 12.6. The molecule has 0 aliphatic rings. The molecule has 0 radical (unpaired) electrons. The molecular weight excluding hydrogens is 473 g/mol.